The molecule has 2 N–H and O–H groups in total. The highest BCUT2D eigenvalue weighted by Crippen LogP contribution is 2.21. The first-order valence-electron chi connectivity index (χ1n) is 6.46. The Kier molecular flexibility index (Phi) is 4.20. The predicted molar refractivity (Wildman–Crippen MR) is 78.0 cm³/mol. The first-order chi connectivity index (χ1) is 9.55. The van der Waals surface area contributed by atoms with E-state index in [4.69, 9.17) is 10.5 Å². The van der Waals surface area contributed by atoms with Gasteiger partial charge in [0.2, 0.25) is 0 Å². The lowest BCUT2D eigenvalue weighted by Crippen LogP contribution is -2.26. The minimum atomic E-state index is -0.247. The first kappa shape index (κ1) is 14.3. The third kappa shape index (κ3) is 2.88. The molecular weight excluding hydrogens is 254 g/mol. The fraction of sp³-hybridized carbons (Fsp3) is 0.333. The zero-order chi connectivity index (χ0) is 14.7. The number of methoxy groups -OCH3 is 1. The van der Waals surface area contributed by atoms with Gasteiger partial charge in [0.25, 0.3) is 0 Å². The van der Waals surface area contributed by atoms with Crippen molar-refractivity contribution in [2.24, 2.45) is 5.73 Å². The molecule has 0 bridgehead atoms. The van der Waals surface area contributed by atoms with Gasteiger partial charge in [-0.05, 0) is 37.6 Å². The molecule has 1 aromatic carbocycles. The van der Waals surface area contributed by atoms with Crippen LogP contribution >= 0.6 is 0 Å². The Labute approximate surface area is 118 Å². The molecule has 2 aromatic rings. The van der Waals surface area contributed by atoms with Crippen molar-refractivity contribution >= 4 is 0 Å². The number of ether oxygens (including phenoxy) is 1. The molecule has 0 saturated carbocycles. The van der Waals surface area contributed by atoms with Crippen molar-refractivity contribution in [2.75, 3.05) is 7.11 Å². The molecule has 0 spiro atoms. The minimum absolute atomic E-state index is 0.247. The highest BCUT2D eigenvalue weighted by atomic mass is 16.5. The maximum atomic E-state index is 12.0. The number of hydrogen-bond donors (Lipinski definition) is 1. The van der Waals surface area contributed by atoms with Gasteiger partial charge < -0.3 is 10.5 Å². The van der Waals surface area contributed by atoms with Crippen LogP contribution in [0, 0.1) is 13.8 Å². The topological polar surface area (TPSA) is 70.1 Å². The molecule has 20 heavy (non-hydrogen) atoms. The molecule has 1 aromatic heterocycles. The Morgan fingerprint density at radius 3 is 2.65 bits per heavy atom. The zero-order valence-corrected chi connectivity index (χ0v) is 12.0. The lowest BCUT2D eigenvalue weighted by Gasteiger charge is -2.14. The van der Waals surface area contributed by atoms with Crippen molar-refractivity contribution < 1.29 is 4.74 Å². The smallest absolute Gasteiger partial charge is 0.348 e. The SMILES string of the molecule is COc1ccc(CN)cc1Cn1c(C)cc(C)nc1=O. The molecule has 0 amide bonds. The number of nitrogens with two attached hydrogens (primary N) is 1. The van der Waals surface area contributed by atoms with E-state index in [1.807, 2.05) is 38.1 Å². The molecule has 5 heteroatoms. The summed E-state index contributed by atoms with van der Waals surface area (Å²) in [6.45, 7) is 4.59. The maximum absolute atomic E-state index is 12.0. The third-order valence-electron chi connectivity index (χ3n) is 3.26. The molecule has 5 nitrogen and oxygen atoms in total. The Balaban J connectivity index is 2.46. The molecule has 0 saturated heterocycles. The van der Waals surface area contributed by atoms with E-state index in [0.717, 1.165) is 28.3 Å². The van der Waals surface area contributed by atoms with Gasteiger partial charge in [-0.15, -0.1) is 0 Å². The molecule has 0 aliphatic heterocycles. The molecular formula is C15H19N3O2. The summed E-state index contributed by atoms with van der Waals surface area (Å²) in [5, 5.41) is 0. The lowest BCUT2D eigenvalue weighted by molar-refractivity contribution is 0.407. The zero-order valence-electron chi connectivity index (χ0n) is 12.0. The summed E-state index contributed by atoms with van der Waals surface area (Å²) in [5.41, 5.74) is 8.95. The summed E-state index contributed by atoms with van der Waals surface area (Å²) in [5.74, 6) is 0.745. The lowest BCUT2D eigenvalue weighted by atomic mass is 10.1. The second kappa shape index (κ2) is 5.88. The van der Waals surface area contributed by atoms with Gasteiger partial charge in [-0.1, -0.05) is 6.07 Å². The average Bonchev–Trinajstić information content (AvgIpc) is 2.42. The van der Waals surface area contributed by atoms with Crippen LogP contribution in [0.1, 0.15) is 22.5 Å². The summed E-state index contributed by atoms with van der Waals surface area (Å²) < 4.78 is 6.97. The van der Waals surface area contributed by atoms with Crippen molar-refractivity contribution in [2.45, 2.75) is 26.9 Å². The van der Waals surface area contributed by atoms with Crippen LogP contribution in [-0.2, 0) is 13.1 Å². The van der Waals surface area contributed by atoms with E-state index in [1.165, 1.54) is 0 Å². The van der Waals surface area contributed by atoms with Crippen LogP contribution in [0.5, 0.6) is 5.75 Å². The fourth-order valence-electron chi connectivity index (χ4n) is 2.22. The van der Waals surface area contributed by atoms with Gasteiger partial charge in [0, 0.05) is 23.5 Å². The van der Waals surface area contributed by atoms with E-state index in [-0.39, 0.29) is 5.69 Å². The number of benzene rings is 1. The van der Waals surface area contributed by atoms with Gasteiger partial charge in [0.15, 0.2) is 0 Å². The molecule has 0 aliphatic rings. The van der Waals surface area contributed by atoms with Crippen molar-refractivity contribution in [3.8, 4) is 5.75 Å². The van der Waals surface area contributed by atoms with E-state index < -0.39 is 0 Å². The van der Waals surface area contributed by atoms with Crippen LogP contribution in [-0.4, -0.2) is 16.7 Å². The molecule has 1 heterocycles. The van der Waals surface area contributed by atoms with Gasteiger partial charge in [-0.3, -0.25) is 4.57 Å². The summed E-state index contributed by atoms with van der Waals surface area (Å²) in [6, 6.07) is 7.65. The van der Waals surface area contributed by atoms with Gasteiger partial charge in [0.1, 0.15) is 5.75 Å². The number of rotatable bonds is 4. The predicted octanol–water partition coefficient (Wildman–Crippen LogP) is 1.38. The molecule has 0 aliphatic carbocycles. The van der Waals surface area contributed by atoms with Gasteiger partial charge in [-0.25, -0.2) is 4.79 Å². The third-order valence-corrected chi connectivity index (χ3v) is 3.26. The summed E-state index contributed by atoms with van der Waals surface area (Å²) >= 11 is 0. The number of nitrogens with zero attached hydrogens (tertiary/aromatic N) is 2. The van der Waals surface area contributed by atoms with Crippen LogP contribution in [0.25, 0.3) is 0 Å². The average molecular weight is 273 g/mol. The van der Waals surface area contributed by atoms with Crippen molar-refractivity contribution in [1.82, 2.24) is 9.55 Å². The molecule has 106 valence electrons. The fourth-order valence-corrected chi connectivity index (χ4v) is 2.22. The summed E-state index contributed by atoms with van der Waals surface area (Å²) in [7, 11) is 1.62. The highest BCUT2D eigenvalue weighted by molar-refractivity contribution is 5.37. The number of aryl methyl sites for hydroxylation is 2. The molecule has 2 rings (SSSR count). The van der Waals surface area contributed by atoms with Crippen LogP contribution < -0.4 is 16.2 Å². The standard InChI is InChI=1S/C15H19N3O2/c1-10-6-11(2)18(15(19)17-10)9-13-7-12(8-16)4-5-14(13)20-3/h4-7H,8-9,16H2,1-3H3. The van der Waals surface area contributed by atoms with Crippen molar-refractivity contribution in [3.05, 3.63) is 57.3 Å². The van der Waals surface area contributed by atoms with Gasteiger partial charge in [-0.2, -0.15) is 4.98 Å². The number of hydrogen-bond acceptors (Lipinski definition) is 4. The Bertz CT molecular complexity index is 677. The minimum Gasteiger partial charge on any atom is -0.496 e. The van der Waals surface area contributed by atoms with Crippen LogP contribution in [0.2, 0.25) is 0 Å². The molecule has 0 radical (unpaired) electrons. The van der Waals surface area contributed by atoms with Crippen LogP contribution in [0.3, 0.4) is 0 Å². The van der Waals surface area contributed by atoms with Crippen molar-refractivity contribution in [3.63, 3.8) is 0 Å². The van der Waals surface area contributed by atoms with E-state index in [0.29, 0.717) is 13.1 Å². The quantitative estimate of drug-likeness (QED) is 0.913. The van der Waals surface area contributed by atoms with Crippen LogP contribution in [0.15, 0.2) is 29.1 Å². The Morgan fingerprint density at radius 1 is 1.30 bits per heavy atom. The molecule has 0 fully saturated rings. The Morgan fingerprint density at radius 2 is 2.05 bits per heavy atom. The van der Waals surface area contributed by atoms with Gasteiger partial charge in [0.05, 0.1) is 13.7 Å². The molecule has 0 unspecified atom stereocenters. The Hall–Kier alpha value is -2.14. The van der Waals surface area contributed by atoms with E-state index in [2.05, 4.69) is 4.98 Å². The molecule has 0 atom stereocenters. The van der Waals surface area contributed by atoms with E-state index in [1.54, 1.807) is 11.7 Å². The monoisotopic (exact) mass is 273 g/mol. The second-order valence-corrected chi connectivity index (χ2v) is 4.76. The second-order valence-electron chi connectivity index (χ2n) is 4.76. The summed E-state index contributed by atoms with van der Waals surface area (Å²) in [4.78, 5) is 16.0. The van der Waals surface area contributed by atoms with Crippen LogP contribution in [0.4, 0.5) is 0 Å². The number of aromatic nitrogens is 2. The highest BCUT2D eigenvalue weighted by Gasteiger charge is 2.09. The largest absolute Gasteiger partial charge is 0.496 e. The maximum Gasteiger partial charge on any atom is 0.348 e. The first-order valence-corrected chi connectivity index (χ1v) is 6.46. The van der Waals surface area contributed by atoms with E-state index >= 15 is 0 Å². The summed E-state index contributed by atoms with van der Waals surface area (Å²) in [6.07, 6.45) is 0. The van der Waals surface area contributed by atoms with Crippen molar-refractivity contribution in [1.29, 1.82) is 0 Å². The normalized spacial score (nSPS) is 10.6. The van der Waals surface area contributed by atoms with E-state index in [9.17, 15) is 4.79 Å². The van der Waals surface area contributed by atoms with Gasteiger partial charge >= 0.3 is 5.69 Å².